The second-order valence-electron chi connectivity index (χ2n) is 4.21. The number of Topliss-reactive ketones (excluding diaryl/α,β-unsaturated/α-hetero) is 1. The van der Waals surface area contributed by atoms with Crippen LogP contribution in [0.5, 0.6) is 0 Å². The van der Waals surface area contributed by atoms with Crippen LogP contribution in [0, 0.1) is 0 Å². The molecule has 0 saturated carbocycles. The highest BCUT2D eigenvalue weighted by atomic mass is 16.3. The molecule has 0 fully saturated rings. The number of carbonyl (C=O) groups excluding carboxylic acids is 1. The standard InChI is InChI=1S/C13H14N4O2/c1-2-3-4-13-16-10-6-5-9(7-12(10)19-13)11(18)8-15-17-14/h5-7H,2-4,8H2,1H3. The minimum absolute atomic E-state index is 0.182. The van der Waals surface area contributed by atoms with Gasteiger partial charge in [-0.15, -0.1) is 0 Å². The molecule has 0 radical (unpaired) electrons. The Bertz CT molecular complexity index is 641. The van der Waals surface area contributed by atoms with Crippen LogP contribution >= 0.6 is 0 Å². The van der Waals surface area contributed by atoms with Gasteiger partial charge in [0.25, 0.3) is 0 Å². The number of aromatic nitrogens is 1. The number of oxazole rings is 1. The Hall–Kier alpha value is -2.33. The van der Waals surface area contributed by atoms with Gasteiger partial charge in [0, 0.05) is 16.9 Å². The predicted molar refractivity (Wildman–Crippen MR) is 71.0 cm³/mol. The lowest BCUT2D eigenvalue weighted by Gasteiger charge is -1.95. The third kappa shape index (κ3) is 3.11. The monoisotopic (exact) mass is 258 g/mol. The first-order chi connectivity index (χ1) is 9.24. The van der Waals surface area contributed by atoms with Crippen molar-refractivity contribution < 1.29 is 9.21 Å². The molecule has 2 aromatic rings. The largest absolute Gasteiger partial charge is 0.441 e. The second kappa shape index (κ2) is 6.02. The summed E-state index contributed by atoms with van der Waals surface area (Å²) in [5.41, 5.74) is 10.0. The lowest BCUT2D eigenvalue weighted by Crippen LogP contribution is -2.01. The number of carbonyl (C=O) groups is 1. The quantitative estimate of drug-likeness (QED) is 0.342. The molecule has 0 N–H and O–H groups in total. The summed E-state index contributed by atoms with van der Waals surface area (Å²) in [6.45, 7) is 1.92. The molecular weight excluding hydrogens is 244 g/mol. The summed E-state index contributed by atoms with van der Waals surface area (Å²) in [6.07, 6.45) is 2.90. The maximum absolute atomic E-state index is 11.7. The number of azide groups is 1. The van der Waals surface area contributed by atoms with E-state index in [1.165, 1.54) is 0 Å². The average molecular weight is 258 g/mol. The molecular formula is C13H14N4O2. The zero-order valence-corrected chi connectivity index (χ0v) is 10.7. The van der Waals surface area contributed by atoms with Crippen LogP contribution in [0.1, 0.15) is 36.0 Å². The van der Waals surface area contributed by atoms with E-state index in [1.807, 2.05) is 0 Å². The minimum atomic E-state index is -0.230. The molecule has 1 heterocycles. The van der Waals surface area contributed by atoms with E-state index in [2.05, 4.69) is 21.9 Å². The van der Waals surface area contributed by atoms with Gasteiger partial charge in [-0.25, -0.2) is 4.98 Å². The van der Waals surface area contributed by atoms with E-state index in [9.17, 15) is 4.79 Å². The smallest absolute Gasteiger partial charge is 0.195 e. The highest BCUT2D eigenvalue weighted by Gasteiger charge is 2.10. The molecule has 1 aromatic carbocycles. The normalized spacial score (nSPS) is 10.4. The maximum atomic E-state index is 11.7. The Morgan fingerprint density at radius 1 is 1.53 bits per heavy atom. The van der Waals surface area contributed by atoms with E-state index in [0.29, 0.717) is 17.0 Å². The molecule has 0 unspecified atom stereocenters. The van der Waals surface area contributed by atoms with Crippen LogP contribution in [0.4, 0.5) is 0 Å². The fourth-order valence-electron chi connectivity index (χ4n) is 1.77. The SMILES string of the molecule is CCCCc1nc2ccc(C(=O)CN=[N+]=[N-])cc2o1. The van der Waals surface area contributed by atoms with E-state index < -0.39 is 0 Å². The van der Waals surface area contributed by atoms with Gasteiger partial charge in [-0.05, 0) is 30.2 Å². The summed E-state index contributed by atoms with van der Waals surface area (Å²) in [6, 6.07) is 5.06. The van der Waals surface area contributed by atoms with Gasteiger partial charge in [0.1, 0.15) is 5.52 Å². The van der Waals surface area contributed by atoms with Crippen LogP contribution in [0.3, 0.4) is 0 Å². The third-order valence-electron chi connectivity index (χ3n) is 2.78. The summed E-state index contributed by atoms with van der Waals surface area (Å²) < 4.78 is 5.60. The molecule has 0 bridgehead atoms. The van der Waals surface area contributed by atoms with Crippen molar-refractivity contribution in [3.05, 3.63) is 40.1 Å². The number of fused-ring (bicyclic) bond motifs is 1. The number of hydrogen-bond acceptors (Lipinski definition) is 4. The van der Waals surface area contributed by atoms with Crippen LogP contribution in [0.2, 0.25) is 0 Å². The topological polar surface area (TPSA) is 91.9 Å². The van der Waals surface area contributed by atoms with Gasteiger partial charge in [-0.1, -0.05) is 18.5 Å². The molecule has 2 rings (SSSR count). The zero-order valence-electron chi connectivity index (χ0n) is 10.7. The summed E-state index contributed by atoms with van der Waals surface area (Å²) >= 11 is 0. The van der Waals surface area contributed by atoms with Crippen molar-refractivity contribution >= 4 is 16.9 Å². The van der Waals surface area contributed by atoms with E-state index >= 15 is 0 Å². The first-order valence-corrected chi connectivity index (χ1v) is 6.18. The van der Waals surface area contributed by atoms with Crippen molar-refractivity contribution in [2.75, 3.05) is 6.54 Å². The van der Waals surface area contributed by atoms with Crippen LogP contribution in [-0.2, 0) is 6.42 Å². The number of benzene rings is 1. The molecule has 98 valence electrons. The Kier molecular flexibility index (Phi) is 4.15. The van der Waals surface area contributed by atoms with Crippen molar-refractivity contribution in [3.8, 4) is 0 Å². The summed E-state index contributed by atoms with van der Waals surface area (Å²) in [7, 11) is 0. The average Bonchev–Trinajstić information content (AvgIpc) is 2.84. The molecule has 0 aliphatic carbocycles. The van der Waals surface area contributed by atoms with Crippen LogP contribution < -0.4 is 0 Å². The molecule has 0 aliphatic heterocycles. The number of rotatable bonds is 6. The van der Waals surface area contributed by atoms with Gasteiger partial charge in [-0.3, -0.25) is 4.79 Å². The van der Waals surface area contributed by atoms with Crippen molar-refractivity contribution in [2.24, 2.45) is 5.11 Å². The lowest BCUT2D eigenvalue weighted by molar-refractivity contribution is 0.100. The van der Waals surface area contributed by atoms with Gasteiger partial charge in [-0.2, -0.15) is 0 Å². The number of ketones is 1. The van der Waals surface area contributed by atoms with E-state index in [4.69, 9.17) is 9.95 Å². The highest BCUT2D eigenvalue weighted by Crippen LogP contribution is 2.19. The fraction of sp³-hybridized carbons (Fsp3) is 0.385. The van der Waals surface area contributed by atoms with Gasteiger partial charge < -0.3 is 4.42 Å². The van der Waals surface area contributed by atoms with Crippen LogP contribution in [-0.4, -0.2) is 17.3 Å². The van der Waals surface area contributed by atoms with E-state index in [-0.39, 0.29) is 12.3 Å². The van der Waals surface area contributed by atoms with Crippen molar-refractivity contribution in [2.45, 2.75) is 26.2 Å². The van der Waals surface area contributed by atoms with Gasteiger partial charge in [0.05, 0.1) is 6.54 Å². The number of unbranched alkanes of at least 4 members (excludes halogenated alkanes) is 1. The molecule has 0 aliphatic rings. The molecule has 0 saturated heterocycles. The second-order valence-corrected chi connectivity index (χ2v) is 4.21. The van der Waals surface area contributed by atoms with Crippen molar-refractivity contribution in [1.82, 2.24) is 4.98 Å². The molecule has 19 heavy (non-hydrogen) atoms. The number of hydrogen-bond donors (Lipinski definition) is 0. The molecule has 1 aromatic heterocycles. The van der Waals surface area contributed by atoms with Crippen molar-refractivity contribution in [1.29, 1.82) is 0 Å². The van der Waals surface area contributed by atoms with Gasteiger partial charge in [0.2, 0.25) is 0 Å². The van der Waals surface area contributed by atoms with Gasteiger partial charge >= 0.3 is 0 Å². The molecule has 0 amide bonds. The molecule has 0 atom stereocenters. The summed E-state index contributed by atoms with van der Waals surface area (Å²) in [4.78, 5) is 18.6. The lowest BCUT2D eigenvalue weighted by atomic mass is 10.1. The Balaban J connectivity index is 2.24. The Morgan fingerprint density at radius 3 is 3.11 bits per heavy atom. The van der Waals surface area contributed by atoms with E-state index in [0.717, 1.165) is 24.8 Å². The van der Waals surface area contributed by atoms with Crippen LogP contribution in [0.25, 0.3) is 21.5 Å². The summed E-state index contributed by atoms with van der Waals surface area (Å²) in [5.74, 6) is 0.461. The minimum Gasteiger partial charge on any atom is -0.441 e. The predicted octanol–water partition coefficient (Wildman–Crippen LogP) is 3.66. The molecule has 6 heteroatoms. The van der Waals surface area contributed by atoms with Crippen LogP contribution in [0.15, 0.2) is 27.7 Å². The molecule has 6 nitrogen and oxygen atoms in total. The molecule has 0 spiro atoms. The number of nitrogens with zero attached hydrogens (tertiary/aromatic N) is 4. The van der Waals surface area contributed by atoms with Crippen molar-refractivity contribution in [3.63, 3.8) is 0 Å². The Morgan fingerprint density at radius 2 is 2.37 bits per heavy atom. The fourth-order valence-corrected chi connectivity index (χ4v) is 1.77. The highest BCUT2D eigenvalue weighted by molar-refractivity contribution is 5.99. The van der Waals surface area contributed by atoms with E-state index in [1.54, 1.807) is 18.2 Å². The summed E-state index contributed by atoms with van der Waals surface area (Å²) in [5, 5.41) is 3.26. The maximum Gasteiger partial charge on any atom is 0.195 e. The number of aryl methyl sites for hydroxylation is 1. The first-order valence-electron chi connectivity index (χ1n) is 6.18. The Labute approximate surface area is 110 Å². The zero-order chi connectivity index (χ0) is 13.7. The third-order valence-corrected chi connectivity index (χ3v) is 2.78. The first kappa shape index (κ1) is 13.1. The van der Waals surface area contributed by atoms with Gasteiger partial charge in [0.15, 0.2) is 17.3 Å².